The molecule has 1 aromatic heterocycles. The lowest BCUT2D eigenvalue weighted by Gasteiger charge is -2.35. The summed E-state index contributed by atoms with van der Waals surface area (Å²) in [6.45, 7) is 8.06. The molecule has 1 saturated heterocycles. The number of hydrogen-bond donors (Lipinski definition) is 1. The van der Waals surface area contributed by atoms with Gasteiger partial charge in [0.15, 0.2) is 0 Å². The Kier molecular flexibility index (Phi) is 5.31. The largest absolute Gasteiger partial charge is 0.314 e. The van der Waals surface area contributed by atoms with E-state index in [1.54, 1.807) is 0 Å². The zero-order valence-electron chi connectivity index (χ0n) is 12.3. The first kappa shape index (κ1) is 14.4. The van der Waals surface area contributed by atoms with E-state index in [2.05, 4.69) is 47.2 Å². The van der Waals surface area contributed by atoms with Gasteiger partial charge in [-0.2, -0.15) is 0 Å². The summed E-state index contributed by atoms with van der Waals surface area (Å²) in [6.07, 6.45) is 3.84. The van der Waals surface area contributed by atoms with Gasteiger partial charge in [0.1, 0.15) is 0 Å². The molecule has 0 spiro atoms. The molecule has 1 fully saturated rings. The van der Waals surface area contributed by atoms with Crippen molar-refractivity contribution in [2.45, 2.75) is 13.0 Å². The number of piperazine rings is 1. The molecule has 1 aliphatic heterocycles. The maximum absolute atomic E-state index is 4.27. The molecule has 2 unspecified atom stereocenters. The average molecular weight is 262 g/mol. The molecule has 1 aromatic rings. The lowest BCUT2D eigenvalue weighted by atomic mass is 9.94. The Morgan fingerprint density at radius 3 is 2.68 bits per heavy atom. The summed E-state index contributed by atoms with van der Waals surface area (Å²) in [6, 6.07) is 4.65. The molecule has 106 valence electrons. The molecule has 19 heavy (non-hydrogen) atoms. The number of hydrogen-bond acceptors (Lipinski definition) is 4. The summed E-state index contributed by atoms with van der Waals surface area (Å²) in [5, 5.41) is 3.41. The Bertz CT molecular complexity index is 360. The van der Waals surface area contributed by atoms with Gasteiger partial charge in [0, 0.05) is 51.2 Å². The molecule has 0 aliphatic carbocycles. The fourth-order valence-corrected chi connectivity index (χ4v) is 3.09. The predicted octanol–water partition coefficient (Wildman–Crippen LogP) is 1.23. The van der Waals surface area contributed by atoms with Gasteiger partial charge in [0.25, 0.3) is 0 Å². The molecular weight excluding hydrogens is 236 g/mol. The van der Waals surface area contributed by atoms with Crippen LogP contribution in [0.2, 0.25) is 0 Å². The molecular formula is C15H26N4. The second kappa shape index (κ2) is 6.98. The number of nitrogens with one attached hydrogen (secondary N) is 1. The van der Waals surface area contributed by atoms with E-state index in [1.807, 2.05) is 18.5 Å². The van der Waals surface area contributed by atoms with Crippen molar-refractivity contribution in [3.8, 4) is 0 Å². The number of aromatic nitrogens is 1. The first-order chi connectivity index (χ1) is 9.18. The van der Waals surface area contributed by atoms with E-state index in [9.17, 15) is 0 Å². The van der Waals surface area contributed by atoms with Crippen LogP contribution in [0.4, 0.5) is 0 Å². The van der Waals surface area contributed by atoms with Crippen molar-refractivity contribution in [2.75, 3.05) is 46.8 Å². The number of pyridine rings is 1. The van der Waals surface area contributed by atoms with E-state index in [0.29, 0.717) is 12.0 Å². The van der Waals surface area contributed by atoms with Crippen molar-refractivity contribution >= 4 is 0 Å². The maximum atomic E-state index is 4.27. The Labute approximate surface area is 116 Å². The van der Waals surface area contributed by atoms with Gasteiger partial charge in [-0.25, -0.2) is 0 Å². The van der Waals surface area contributed by atoms with Crippen LogP contribution in [0, 0.1) is 5.92 Å². The van der Waals surface area contributed by atoms with Crippen LogP contribution in [-0.4, -0.2) is 61.6 Å². The minimum atomic E-state index is 0.434. The summed E-state index contributed by atoms with van der Waals surface area (Å²) in [7, 11) is 4.32. The molecule has 0 amide bonds. The quantitative estimate of drug-likeness (QED) is 0.865. The zero-order chi connectivity index (χ0) is 13.7. The molecule has 2 heterocycles. The van der Waals surface area contributed by atoms with Gasteiger partial charge in [-0.15, -0.1) is 0 Å². The van der Waals surface area contributed by atoms with E-state index < -0.39 is 0 Å². The third-order valence-electron chi connectivity index (χ3n) is 3.88. The van der Waals surface area contributed by atoms with Gasteiger partial charge in [0.05, 0.1) is 0 Å². The second-order valence-corrected chi connectivity index (χ2v) is 5.72. The second-order valence-electron chi connectivity index (χ2n) is 5.72. The third kappa shape index (κ3) is 4.00. The standard InChI is InChI=1S/C15H26N4/c1-13(12-19-9-7-16-8-10-19)15(18(2)3)14-5-4-6-17-11-14/h4-6,11,13,15-16H,7-10,12H2,1-3H3. The van der Waals surface area contributed by atoms with Gasteiger partial charge in [-0.1, -0.05) is 13.0 Å². The van der Waals surface area contributed by atoms with Crippen LogP contribution in [0.25, 0.3) is 0 Å². The molecule has 0 radical (unpaired) electrons. The Morgan fingerprint density at radius 1 is 1.37 bits per heavy atom. The van der Waals surface area contributed by atoms with E-state index >= 15 is 0 Å². The molecule has 2 atom stereocenters. The molecule has 4 nitrogen and oxygen atoms in total. The van der Waals surface area contributed by atoms with Crippen LogP contribution >= 0.6 is 0 Å². The minimum Gasteiger partial charge on any atom is -0.314 e. The third-order valence-corrected chi connectivity index (χ3v) is 3.88. The lowest BCUT2D eigenvalue weighted by molar-refractivity contribution is 0.148. The first-order valence-electron chi connectivity index (χ1n) is 7.18. The zero-order valence-corrected chi connectivity index (χ0v) is 12.3. The van der Waals surface area contributed by atoms with Crippen LogP contribution in [0.15, 0.2) is 24.5 Å². The monoisotopic (exact) mass is 262 g/mol. The number of nitrogens with zero attached hydrogens (tertiary/aromatic N) is 3. The molecule has 2 rings (SSSR count). The lowest BCUT2D eigenvalue weighted by Crippen LogP contribution is -2.46. The fraction of sp³-hybridized carbons (Fsp3) is 0.667. The molecule has 0 bridgehead atoms. The molecule has 1 aliphatic rings. The van der Waals surface area contributed by atoms with E-state index in [4.69, 9.17) is 0 Å². The van der Waals surface area contributed by atoms with Crippen molar-refractivity contribution < 1.29 is 0 Å². The average Bonchev–Trinajstić information content (AvgIpc) is 2.40. The summed E-state index contributed by atoms with van der Waals surface area (Å²) in [5.74, 6) is 0.595. The van der Waals surface area contributed by atoms with Crippen LogP contribution in [0.3, 0.4) is 0 Å². The summed E-state index contributed by atoms with van der Waals surface area (Å²) >= 11 is 0. The minimum absolute atomic E-state index is 0.434. The highest BCUT2D eigenvalue weighted by Gasteiger charge is 2.24. The SMILES string of the molecule is CC(CN1CCNCC1)C(c1cccnc1)N(C)C. The van der Waals surface area contributed by atoms with Crippen LogP contribution in [0.1, 0.15) is 18.5 Å². The highest BCUT2D eigenvalue weighted by molar-refractivity contribution is 5.15. The molecule has 0 aromatic carbocycles. The smallest absolute Gasteiger partial charge is 0.0395 e. The van der Waals surface area contributed by atoms with Gasteiger partial charge in [-0.05, 0) is 31.6 Å². The first-order valence-corrected chi connectivity index (χ1v) is 7.18. The van der Waals surface area contributed by atoms with E-state index in [0.717, 1.165) is 32.7 Å². The van der Waals surface area contributed by atoms with Crippen molar-refractivity contribution in [3.63, 3.8) is 0 Å². The normalized spacial score (nSPS) is 20.4. The van der Waals surface area contributed by atoms with Crippen LogP contribution < -0.4 is 5.32 Å². The van der Waals surface area contributed by atoms with Gasteiger partial charge >= 0.3 is 0 Å². The summed E-state index contributed by atoms with van der Waals surface area (Å²) < 4.78 is 0. The number of rotatable bonds is 5. The summed E-state index contributed by atoms with van der Waals surface area (Å²) in [5.41, 5.74) is 1.31. The topological polar surface area (TPSA) is 31.4 Å². The van der Waals surface area contributed by atoms with Crippen molar-refractivity contribution in [1.82, 2.24) is 20.1 Å². The van der Waals surface area contributed by atoms with Gasteiger partial charge < -0.3 is 15.1 Å². The van der Waals surface area contributed by atoms with Crippen LogP contribution in [-0.2, 0) is 0 Å². The highest BCUT2D eigenvalue weighted by Crippen LogP contribution is 2.26. The highest BCUT2D eigenvalue weighted by atomic mass is 15.2. The molecule has 4 heteroatoms. The van der Waals surface area contributed by atoms with Crippen molar-refractivity contribution in [1.29, 1.82) is 0 Å². The maximum Gasteiger partial charge on any atom is 0.0395 e. The Morgan fingerprint density at radius 2 is 2.11 bits per heavy atom. The molecule has 1 N–H and O–H groups in total. The Balaban J connectivity index is 2.02. The Hall–Kier alpha value is -0.970. The fourth-order valence-electron chi connectivity index (χ4n) is 3.09. The molecule has 0 saturated carbocycles. The van der Waals surface area contributed by atoms with Crippen molar-refractivity contribution in [3.05, 3.63) is 30.1 Å². The summed E-state index contributed by atoms with van der Waals surface area (Å²) in [4.78, 5) is 9.14. The van der Waals surface area contributed by atoms with Crippen LogP contribution in [0.5, 0.6) is 0 Å². The van der Waals surface area contributed by atoms with E-state index in [-0.39, 0.29) is 0 Å². The van der Waals surface area contributed by atoms with Crippen molar-refractivity contribution in [2.24, 2.45) is 5.92 Å². The predicted molar refractivity (Wildman–Crippen MR) is 79.1 cm³/mol. The van der Waals surface area contributed by atoms with Gasteiger partial charge in [-0.3, -0.25) is 4.98 Å². The van der Waals surface area contributed by atoms with E-state index in [1.165, 1.54) is 5.56 Å². The van der Waals surface area contributed by atoms with Gasteiger partial charge in [0.2, 0.25) is 0 Å².